The summed E-state index contributed by atoms with van der Waals surface area (Å²) in [6.07, 6.45) is -0.457. The van der Waals surface area contributed by atoms with Gasteiger partial charge in [0.25, 0.3) is 0 Å². The van der Waals surface area contributed by atoms with E-state index in [2.05, 4.69) is 20.7 Å². The van der Waals surface area contributed by atoms with Crippen LogP contribution < -0.4 is 0 Å². The van der Waals surface area contributed by atoms with Crippen LogP contribution >= 0.6 is 15.9 Å². The van der Waals surface area contributed by atoms with Crippen molar-refractivity contribution in [2.75, 3.05) is 5.52 Å². The summed E-state index contributed by atoms with van der Waals surface area (Å²) in [5.74, 6) is -0.330. The molecule has 0 spiro atoms. The maximum atomic E-state index is 10.2. The molecule has 4 heteroatoms. The molecule has 1 atom stereocenters. The minimum atomic E-state index is -0.457. The quantitative estimate of drug-likeness (QED) is 0.388. The minimum absolute atomic E-state index is 0.330. The molecular weight excluding hydrogens is 188 g/mol. The largest absolute Gasteiger partial charge is 0.436 e. The van der Waals surface area contributed by atoms with Gasteiger partial charge in [-0.05, 0) is 6.92 Å². The summed E-state index contributed by atoms with van der Waals surface area (Å²) in [6, 6.07) is 0. The van der Waals surface area contributed by atoms with Gasteiger partial charge in [-0.2, -0.15) is 0 Å². The average Bonchev–Trinajstić information content (AvgIpc) is 1.63. The number of rotatable bonds is 3. The lowest BCUT2D eigenvalue weighted by molar-refractivity contribution is -0.167. The van der Waals surface area contributed by atoms with Crippen molar-refractivity contribution in [2.24, 2.45) is 0 Å². The van der Waals surface area contributed by atoms with E-state index in [0.717, 1.165) is 0 Å². The second kappa shape index (κ2) is 4.76. The van der Waals surface area contributed by atoms with Crippen molar-refractivity contribution in [3.63, 3.8) is 0 Å². The number of hydrogen-bond donors (Lipinski definition) is 0. The third-order valence-electron chi connectivity index (χ3n) is 0.630. The highest BCUT2D eigenvalue weighted by molar-refractivity contribution is 9.09. The van der Waals surface area contributed by atoms with E-state index in [4.69, 9.17) is 4.74 Å². The van der Waals surface area contributed by atoms with Crippen molar-refractivity contribution in [3.05, 3.63) is 0 Å². The molecule has 0 aliphatic heterocycles. The van der Waals surface area contributed by atoms with Gasteiger partial charge in [-0.1, -0.05) is 15.9 Å². The minimum Gasteiger partial charge on any atom is -0.436 e. The first-order valence-corrected chi connectivity index (χ1v) is 3.63. The van der Waals surface area contributed by atoms with E-state index in [1.165, 1.54) is 6.92 Å². The number of carbonyl (C=O) groups is 1. The molecular formula is C5H9BrO3. The fourth-order valence-electron chi connectivity index (χ4n) is 0.356. The zero-order chi connectivity index (χ0) is 7.28. The van der Waals surface area contributed by atoms with Crippen LogP contribution in [-0.2, 0) is 14.3 Å². The predicted octanol–water partition coefficient (Wildman–Crippen LogP) is 1.26. The lowest BCUT2D eigenvalue weighted by Gasteiger charge is -2.09. The van der Waals surface area contributed by atoms with E-state index in [1.807, 2.05) is 0 Å². The van der Waals surface area contributed by atoms with Gasteiger partial charge in [0.15, 0.2) is 0 Å². The molecule has 3 nitrogen and oxygen atoms in total. The zero-order valence-electron chi connectivity index (χ0n) is 5.39. The Morgan fingerprint density at radius 1 is 1.78 bits per heavy atom. The highest BCUT2D eigenvalue weighted by Gasteiger charge is 2.01. The number of hydrogen-bond acceptors (Lipinski definition) is 3. The van der Waals surface area contributed by atoms with Gasteiger partial charge in [-0.15, -0.1) is 0 Å². The van der Waals surface area contributed by atoms with Crippen LogP contribution in [-0.4, -0.2) is 17.8 Å². The van der Waals surface area contributed by atoms with Gasteiger partial charge in [0, 0.05) is 6.92 Å². The number of halogens is 1. The summed E-state index contributed by atoms with van der Waals surface area (Å²) >= 11 is 3.03. The van der Waals surface area contributed by atoms with Crippen LogP contribution in [0.3, 0.4) is 0 Å². The predicted molar refractivity (Wildman–Crippen MR) is 36.1 cm³/mol. The Balaban J connectivity index is 3.26. The normalized spacial score (nSPS) is 12.8. The van der Waals surface area contributed by atoms with Crippen molar-refractivity contribution in [2.45, 2.75) is 20.1 Å². The highest BCUT2D eigenvalue weighted by atomic mass is 79.9. The third-order valence-corrected chi connectivity index (χ3v) is 0.894. The molecule has 0 aromatic rings. The third kappa shape index (κ3) is 5.79. The molecule has 0 saturated carbocycles. The Hall–Kier alpha value is -0.0900. The highest BCUT2D eigenvalue weighted by Crippen LogP contribution is 1.95. The van der Waals surface area contributed by atoms with Crippen molar-refractivity contribution in [3.8, 4) is 0 Å². The Morgan fingerprint density at radius 3 is 2.67 bits per heavy atom. The van der Waals surface area contributed by atoms with Gasteiger partial charge < -0.3 is 9.47 Å². The first-order chi connectivity index (χ1) is 4.16. The molecule has 0 aliphatic carbocycles. The topological polar surface area (TPSA) is 35.5 Å². The summed E-state index contributed by atoms with van der Waals surface area (Å²) in [6.45, 7) is 3.00. The number of carbonyl (C=O) groups excluding carboxylic acids is 1. The second-order valence-corrected chi connectivity index (χ2v) is 1.91. The fourth-order valence-corrected chi connectivity index (χ4v) is 0.729. The summed E-state index contributed by atoms with van der Waals surface area (Å²) in [5, 5.41) is 0. The van der Waals surface area contributed by atoms with Crippen LogP contribution in [0.15, 0.2) is 0 Å². The maximum Gasteiger partial charge on any atom is 0.304 e. The average molecular weight is 197 g/mol. The van der Waals surface area contributed by atoms with Gasteiger partial charge in [-0.3, -0.25) is 4.79 Å². The lowest BCUT2D eigenvalue weighted by Crippen LogP contribution is -2.14. The maximum absolute atomic E-state index is 10.2. The van der Waals surface area contributed by atoms with E-state index >= 15 is 0 Å². The Bertz CT molecular complexity index is 94.2. The molecule has 0 radical (unpaired) electrons. The summed E-state index contributed by atoms with van der Waals surface area (Å²) in [5.41, 5.74) is 0.376. The molecule has 0 heterocycles. The summed E-state index contributed by atoms with van der Waals surface area (Å²) in [4.78, 5) is 10.2. The molecule has 0 bridgehead atoms. The van der Waals surface area contributed by atoms with E-state index in [-0.39, 0.29) is 5.97 Å². The molecule has 1 unspecified atom stereocenters. The van der Waals surface area contributed by atoms with Gasteiger partial charge in [0.05, 0.1) is 0 Å². The molecule has 0 aromatic carbocycles. The van der Waals surface area contributed by atoms with Crippen LogP contribution in [0.1, 0.15) is 13.8 Å². The number of ether oxygens (including phenoxy) is 2. The van der Waals surface area contributed by atoms with E-state index in [1.54, 1.807) is 6.92 Å². The Kier molecular flexibility index (Phi) is 4.71. The SMILES string of the molecule is CC(=O)OC(C)OCBr. The molecule has 0 saturated heterocycles. The molecule has 0 amide bonds. The molecule has 0 aromatic heterocycles. The molecule has 9 heavy (non-hydrogen) atoms. The van der Waals surface area contributed by atoms with Crippen LogP contribution in [0.4, 0.5) is 0 Å². The lowest BCUT2D eigenvalue weighted by atomic mass is 10.7. The molecule has 0 fully saturated rings. The van der Waals surface area contributed by atoms with Crippen molar-refractivity contribution in [1.29, 1.82) is 0 Å². The van der Waals surface area contributed by atoms with Crippen molar-refractivity contribution in [1.82, 2.24) is 0 Å². The van der Waals surface area contributed by atoms with Crippen LogP contribution in [0.2, 0.25) is 0 Å². The van der Waals surface area contributed by atoms with Gasteiger partial charge in [0.1, 0.15) is 5.52 Å². The molecule has 0 N–H and O–H groups in total. The van der Waals surface area contributed by atoms with Crippen molar-refractivity contribution < 1.29 is 14.3 Å². The smallest absolute Gasteiger partial charge is 0.304 e. The summed E-state index contributed by atoms with van der Waals surface area (Å²) in [7, 11) is 0. The molecule has 54 valence electrons. The standard InChI is InChI=1S/C5H9BrO3/c1-4(7)9-5(2)8-3-6/h5H,3H2,1-2H3. The fraction of sp³-hybridized carbons (Fsp3) is 0.800. The molecule has 0 rings (SSSR count). The van der Waals surface area contributed by atoms with Gasteiger partial charge >= 0.3 is 5.97 Å². The van der Waals surface area contributed by atoms with E-state index in [9.17, 15) is 4.79 Å². The molecule has 0 aliphatic rings. The monoisotopic (exact) mass is 196 g/mol. The van der Waals surface area contributed by atoms with Gasteiger partial charge in [-0.25, -0.2) is 0 Å². The van der Waals surface area contributed by atoms with Crippen LogP contribution in [0, 0.1) is 0 Å². The number of alkyl halides is 1. The number of esters is 1. The first kappa shape index (κ1) is 8.91. The zero-order valence-corrected chi connectivity index (χ0v) is 6.97. The Morgan fingerprint density at radius 2 is 2.33 bits per heavy atom. The second-order valence-electron chi connectivity index (χ2n) is 1.45. The first-order valence-electron chi connectivity index (χ1n) is 2.51. The van der Waals surface area contributed by atoms with E-state index in [0.29, 0.717) is 5.52 Å². The van der Waals surface area contributed by atoms with Crippen LogP contribution in [0.5, 0.6) is 0 Å². The Labute approximate surface area is 62.5 Å². The van der Waals surface area contributed by atoms with Gasteiger partial charge in [0.2, 0.25) is 6.29 Å². The summed E-state index contributed by atoms with van der Waals surface area (Å²) < 4.78 is 9.43. The van der Waals surface area contributed by atoms with E-state index < -0.39 is 6.29 Å². The van der Waals surface area contributed by atoms with Crippen LogP contribution in [0.25, 0.3) is 0 Å². The van der Waals surface area contributed by atoms with Crippen molar-refractivity contribution >= 4 is 21.9 Å².